The van der Waals surface area contributed by atoms with Gasteiger partial charge in [-0.1, -0.05) is 0 Å². The SMILES string of the molecule is Nc1nc(Br)[nH]c1-c1n[nH]c(Br)n1. The van der Waals surface area contributed by atoms with Crippen LogP contribution >= 0.6 is 31.9 Å². The maximum absolute atomic E-state index is 5.60. The lowest BCUT2D eigenvalue weighted by molar-refractivity contribution is 1.07. The molecule has 0 aliphatic rings. The first-order valence-corrected chi connectivity index (χ1v) is 4.84. The second-order valence-corrected chi connectivity index (χ2v) is 3.74. The third kappa shape index (κ3) is 1.59. The Morgan fingerprint density at radius 2 is 1.92 bits per heavy atom. The number of H-pyrrole nitrogens is 2. The zero-order valence-electron chi connectivity index (χ0n) is 6.17. The van der Waals surface area contributed by atoms with Crippen LogP contribution in [0.1, 0.15) is 0 Å². The molecule has 0 saturated heterocycles. The van der Waals surface area contributed by atoms with Crippen molar-refractivity contribution in [2.45, 2.75) is 0 Å². The van der Waals surface area contributed by atoms with Gasteiger partial charge in [-0.3, -0.25) is 5.10 Å². The Bertz CT molecular complexity index is 432. The van der Waals surface area contributed by atoms with E-state index in [0.29, 0.717) is 26.8 Å². The molecule has 0 fully saturated rings. The van der Waals surface area contributed by atoms with Crippen LogP contribution in [-0.4, -0.2) is 25.1 Å². The Morgan fingerprint density at radius 3 is 2.38 bits per heavy atom. The zero-order chi connectivity index (χ0) is 9.42. The summed E-state index contributed by atoms with van der Waals surface area (Å²) in [5, 5.41) is 6.55. The minimum atomic E-state index is 0.360. The number of nitrogen functional groups attached to an aromatic ring is 1. The second kappa shape index (κ2) is 3.11. The molecule has 0 saturated carbocycles. The number of halogens is 2. The minimum Gasteiger partial charge on any atom is -0.382 e. The van der Waals surface area contributed by atoms with Crippen LogP contribution in [0.5, 0.6) is 0 Å². The average Bonchev–Trinajstić information content (AvgIpc) is 2.58. The molecule has 2 heterocycles. The molecular weight excluding hydrogens is 304 g/mol. The van der Waals surface area contributed by atoms with E-state index in [1.807, 2.05) is 0 Å². The normalized spacial score (nSPS) is 10.6. The quantitative estimate of drug-likeness (QED) is 0.740. The van der Waals surface area contributed by atoms with Crippen molar-refractivity contribution >= 4 is 37.7 Å². The second-order valence-electron chi connectivity index (χ2n) is 2.24. The van der Waals surface area contributed by atoms with Gasteiger partial charge in [-0.2, -0.15) is 10.1 Å². The first kappa shape index (κ1) is 8.70. The topological polar surface area (TPSA) is 96.3 Å². The molecule has 13 heavy (non-hydrogen) atoms. The van der Waals surface area contributed by atoms with Crippen molar-refractivity contribution in [1.29, 1.82) is 0 Å². The molecule has 0 atom stereocenters. The summed E-state index contributed by atoms with van der Waals surface area (Å²) in [5.74, 6) is 0.834. The molecular formula is C5H4Br2N6. The van der Waals surface area contributed by atoms with E-state index in [0.717, 1.165) is 0 Å². The summed E-state index contributed by atoms with van der Waals surface area (Å²) in [5.41, 5.74) is 6.19. The number of nitrogens with zero attached hydrogens (tertiary/aromatic N) is 3. The van der Waals surface area contributed by atoms with Crippen molar-refractivity contribution in [3.63, 3.8) is 0 Å². The van der Waals surface area contributed by atoms with Gasteiger partial charge in [0, 0.05) is 0 Å². The number of nitrogens with two attached hydrogens (primary N) is 1. The molecule has 68 valence electrons. The van der Waals surface area contributed by atoms with Crippen LogP contribution in [0.25, 0.3) is 11.5 Å². The number of aromatic amines is 2. The predicted octanol–water partition coefficient (Wildman–Crippen LogP) is 1.30. The van der Waals surface area contributed by atoms with E-state index in [2.05, 4.69) is 57.0 Å². The van der Waals surface area contributed by atoms with Gasteiger partial charge < -0.3 is 10.7 Å². The van der Waals surface area contributed by atoms with E-state index >= 15 is 0 Å². The molecule has 0 radical (unpaired) electrons. The summed E-state index contributed by atoms with van der Waals surface area (Å²) < 4.78 is 1.11. The lowest BCUT2D eigenvalue weighted by atomic mass is 10.4. The predicted molar refractivity (Wildman–Crippen MR) is 53.8 cm³/mol. The van der Waals surface area contributed by atoms with Crippen LogP contribution in [0.15, 0.2) is 9.47 Å². The maximum atomic E-state index is 5.60. The fourth-order valence-corrected chi connectivity index (χ4v) is 1.53. The molecule has 2 aromatic heterocycles. The standard InChI is InChI=1S/C5H4Br2N6/c6-4-9-1(2(8)10-4)3-11-5(7)13-12-3/h8H2,(H,9,10)(H,11,12,13). The Balaban J connectivity index is 2.51. The lowest BCUT2D eigenvalue weighted by Crippen LogP contribution is -1.89. The van der Waals surface area contributed by atoms with Crippen molar-refractivity contribution in [2.24, 2.45) is 0 Å². The van der Waals surface area contributed by atoms with Gasteiger partial charge in [0.05, 0.1) is 0 Å². The number of hydrogen-bond donors (Lipinski definition) is 3. The Hall–Kier alpha value is -0.890. The van der Waals surface area contributed by atoms with Crippen molar-refractivity contribution in [3.8, 4) is 11.5 Å². The molecule has 6 nitrogen and oxygen atoms in total. The zero-order valence-corrected chi connectivity index (χ0v) is 9.35. The Morgan fingerprint density at radius 1 is 1.15 bits per heavy atom. The molecule has 8 heteroatoms. The lowest BCUT2D eigenvalue weighted by Gasteiger charge is -1.88. The van der Waals surface area contributed by atoms with Crippen LogP contribution in [0, 0.1) is 0 Å². The van der Waals surface area contributed by atoms with Crippen molar-refractivity contribution in [3.05, 3.63) is 9.47 Å². The highest BCUT2D eigenvalue weighted by Gasteiger charge is 2.12. The molecule has 0 aromatic carbocycles. The molecule has 0 spiro atoms. The molecule has 0 aliphatic carbocycles. The van der Waals surface area contributed by atoms with E-state index in [9.17, 15) is 0 Å². The monoisotopic (exact) mass is 306 g/mol. The first-order chi connectivity index (χ1) is 6.16. The highest BCUT2D eigenvalue weighted by atomic mass is 79.9. The number of rotatable bonds is 1. The van der Waals surface area contributed by atoms with Gasteiger partial charge in [-0.05, 0) is 31.9 Å². The van der Waals surface area contributed by atoms with Crippen molar-refractivity contribution in [2.75, 3.05) is 5.73 Å². The van der Waals surface area contributed by atoms with E-state index < -0.39 is 0 Å². The summed E-state index contributed by atoms with van der Waals surface area (Å²) in [6.45, 7) is 0. The largest absolute Gasteiger partial charge is 0.382 e. The van der Waals surface area contributed by atoms with Gasteiger partial charge >= 0.3 is 0 Å². The van der Waals surface area contributed by atoms with E-state index in [-0.39, 0.29) is 0 Å². The van der Waals surface area contributed by atoms with Crippen LogP contribution < -0.4 is 5.73 Å². The van der Waals surface area contributed by atoms with Gasteiger partial charge in [0.2, 0.25) is 5.82 Å². The van der Waals surface area contributed by atoms with Gasteiger partial charge in [0.25, 0.3) is 0 Å². The fraction of sp³-hybridized carbons (Fsp3) is 0. The van der Waals surface area contributed by atoms with E-state index in [1.165, 1.54) is 0 Å². The Kier molecular flexibility index (Phi) is 2.08. The number of anilines is 1. The van der Waals surface area contributed by atoms with E-state index in [4.69, 9.17) is 5.73 Å². The minimum absolute atomic E-state index is 0.360. The van der Waals surface area contributed by atoms with Crippen LogP contribution in [-0.2, 0) is 0 Å². The summed E-state index contributed by atoms with van der Waals surface area (Å²) in [6.07, 6.45) is 0. The van der Waals surface area contributed by atoms with Crippen molar-refractivity contribution < 1.29 is 0 Å². The highest BCUT2D eigenvalue weighted by Crippen LogP contribution is 2.22. The molecule has 2 rings (SSSR count). The molecule has 0 unspecified atom stereocenters. The molecule has 0 aliphatic heterocycles. The molecule has 0 amide bonds. The number of aromatic nitrogens is 5. The van der Waals surface area contributed by atoms with Gasteiger partial charge in [-0.15, -0.1) is 0 Å². The number of hydrogen-bond acceptors (Lipinski definition) is 4. The van der Waals surface area contributed by atoms with Gasteiger partial charge in [-0.25, -0.2) is 4.98 Å². The fourth-order valence-electron chi connectivity index (χ4n) is 0.881. The smallest absolute Gasteiger partial charge is 0.202 e. The summed E-state index contributed by atoms with van der Waals surface area (Å²) >= 11 is 6.31. The summed E-state index contributed by atoms with van der Waals surface area (Å²) in [4.78, 5) is 10.8. The van der Waals surface area contributed by atoms with Crippen molar-refractivity contribution in [1.82, 2.24) is 25.1 Å². The van der Waals surface area contributed by atoms with Crippen LogP contribution in [0.2, 0.25) is 0 Å². The number of imidazole rings is 1. The third-order valence-electron chi connectivity index (χ3n) is 1.38. The molecule has 4 N–H and O–H groups in total. The summed E-state index contributed by atoms with van der Waals surface area (Å²) in [7, 11) is 0. The van der Waals surface area contributed by atoms with Crippen LogP contribution in [0.4, 0.5) is 5.82 Å². The van der Waals surface area contributed by atoms with E-state index in [1.54, 1.807) is 0 Å². The molecule has 2 aromatic rings. The third-order valence-corrected chi connectivity index (χ3v) is 2.11. The number of nitrogens with one attached hydrogen (secondary N) is 2. The van der Waals surface area contributed by atoms with Crippen LogP contribution in [0.3, 0.4) is 0 Å². The van der Waals surface area contributed by atoms with Gasteiger partial charge in [0.1, 0.15) is 5.69 Å². The summed E-state index contributed by atoms with van der Waals surface area (Å²) in [6, 6.07) is 0. The average molecular weight is 308 g/mol. The molecule has 0 bridgehead atoms. The first-order valence-electron chi connectivity index (χ1n) is 3.26. The van der Waals surface area contributed by atoms with Gasteiger partial charge in [0.15, 0.2) is 15.3 Å². The Labute approximate surface area is 89.6 Å². The highest BCUT2D eigenvalue weighted by molar-refractivity contribution is 9.10. The maximum Gasteiger partial charge on any atom is 0.202 e.